The molecule has 7 aromatic rings. The molecule has 5 aromatic carbocycles. The molecular formula is C52H51N5O7. The number of benzene rings is 5. The molecule has 8 rings (SSSR count). The van der Waals surface area contributed by atoms with Gasteiger partial charge >= 0.3 is 5.97 Å². The maximum atomic E-state index is 13.8. The number of aromatic hydroxyl groups is 1. The van der Waals surface area contributed by atoms with Crippen LogP contribution in [-0.4, -0.2) is 68.3 Å². The molecule has 3 heterocycles. The Hall–Kier alpha value is -6.96. The minimum atomic E-state index is -1.99. The van der Waals surface area contributed by atoms with Crippen LogP contribution in [0.3, 0.4) is 0 Å². The number of aliphatic hydroxyl groups excluding tert-OH is 1. The second kappa shape index (κ2) is 20.0. The molecule has 0 aliphatic carbocycles. The Labute approximate surface area is 371 Å². The number of nitrogens with one attached hydrogen (secondary N) is 3. The quantitative estimate of drug-likeness (QED) is 0.0571. The number of esters is 1. The van der Waals surface area contributed by atoms with E-state index in [-0.39, 0.29) is 48.3 Å². The number of amides is 1. The molecule has 1 amide bonds. The molecule has 0 spiro atoms. The van der Waals surface area contributed by atoms with Crippen molar-refractivity contribution in [2.24, 2.45) is 5.92 Å². The molecule has 0 bridgehead atoms. The number of pyridine rings is 2. The van der Waals surface area contributed by atoms with Crippen molar-refractivity contribution in [2.75, 3.05) is 26.2 Å². The Bertz CT molecular complexity index is 2720. The lowest BCUT2D eigenvalue weighted by molar-refractivity contribution is -0.164. The van der Waals surface area contributed by atoms with E-state index in [1.807, 2.05) is 48.5 Å². The fourth-order valence-electron chi connectivity index (χ4n) is 8.20. The monoisotopic (exact) mass is 857 g/mol. The lowest BCUT2D eigenvalue weighted by atomic mass is 9.85. The number of likely N-dealkylation sites (tertiary alicyclic amines) is 1. The molecule has 0 radical (unpaired) electrons. The van der Waals surface area contributed by atoms with Crippen molar-refractivity contribution in [2.45, 2.75) is 44.2 Å². The van der Waals surface area contributed by atoms with Crippen LogP contribution in [0, 0.1) is 5.92 Å². The van der Waals surface area contributed by atoms with Crippen LogP contribution in [0.25, 0.3) is 22.0 Å². The Morgan fingerprint density at radius 1 is 0.781 bits per heavy atom. The largest absolute Gasteiger partial charge is 0.506 e. The van der Waals surface area contributed by atoms with Crippen LogP contribution in [0.15, 0.2) is 157 Å². The zero-order valence-corrected chi connectivity index (χ0v) is 35.3. The van der Waals surface area contributed by atoms with Crippen molar-refractivity contribution in [1.82, 2.24) is 25.5 Å². The van der Waals surface area contributed by atoms with Gasteiger partial charge < -0.3 is 35.7 Å². The molecule has 12 heteroatoms. The second-order valence-corrected chi connectivity index (χ2v) is 16.3. The number of phenols is 1. The van der Waals surface area contributed by atoms with Crippen LogP contribution in [0.4, 0.5) is 0 Å². The summed E-state index contributed by atoms with van der Waals surface area (Å²) in [6.45, 7) is 3.88. The lowest BCUT2D eigenvalue weighted by Gasteiger charge is -2.33. The van der Waals surface area contributed by atoms with Gasteiger partial charge in [-0.1, -0.05) is 109 Å². The highest BCUT2D eigenvalue weighted by Crippen LogP contribution is 2.34. The normalized spacial score (nSPS) is 14.7. The van der Waals surface area contributed by atoms with Gasteiger partial charge in [0, 0.05) is 48.4 Å². The van der Waals surface area contributed by atoms with Gasteiger partial charge in [0.05, 0.1) is 30.5 Å². The molecule has 326 valence electrons. The number of nitrogens with zero attached hydrogens (tertiary/aromatic N) is 2. The van der Waals surface area contributed by atoms with Crippen LogP contribution >= 0.6 is 0 Å². The Morgan fingerprint density at radius 3 is 2.17 bits per heavy atom. The van der Waals surface area contributed by atoms with Crippen LogP contribution in [-0.2, 0) is 34.8 Å². The zero-order valence-electron chi connectivity index (χ0n) is 35.3. The van der Waals surface area contributed by atoms with Gasteiger partial charge in [0.15, 0.2) is 0 Å². The number of H-pyrrole nitrogens is 1. The molecule has 1 unspecified atom stereocenters. The third-order valence-electron chi connectivity index (χ3n) is 11.9. The van der Waals surface area contributed by atoms with Crippen molar-refractivity contribution in [3.63, 3.8) is 0 Å². The first-order valence-corrected chi connectivity index (χ1v) is 21.5. The highest BCUT2D eigenvalue weighted by Gasteiger charge is 2.42. The Balaban J connectivity index is 0.820. The number of ether oxygens (including phenoxy) is 1. The molecule has 1 saturated heterocycles. The molecule has 1 aliphatic rings. The maximum absolute atomic E-state index is 13.8. The summed E-state index contributed by atoms with van der Waals surface area (Å²) in [4.78, 5) is 48.2. The average Bonchev–Trinajstić information content (AvgIpc) is 3.34. The summed E-state index contributed by atoms with van der Waals surface area (Å²) in [6.07, 6.45) is 2.66. The first-order valence-electron chi connectivity index (χ1n) is 21.5. The minimum Gasteiger partial charge on any atom is -0.506 e. The lowest BCUT2D eigenvalue weighted by Crippen LogP contribution is -2.40. The third-order valence-corrected chi connectivity index (χ3v) is 11.9. The van der Waals surface area contributed by atoms with Gasteiger partial charge in [-0.3, -0.25) is 19.5 Å². The van der Waals surface area contributed by atoms with Crippen molar-refractivity contribution in [3.05, 3.63) is 201 Å². The number of hydrogen-bond donors (Lipinski definition) is 6. The first kappa shape index (κ1) is 43.7. The van der Waals surface area contributed by atoms with Gasteiger partial charge in [-0.15, -0.1) is 0 Å². The van der Waals surface area contributed by atoms with Crippen LogP contribution in [0.1, 0.15) is 62.8 Å². The predicted molar refractivity (Wildman–Crippen MR) is 245 cm³/mol. The fraction of sp³-hybridized carbons (Fsp3) is 0.231. The minimum absolute atomic E-state index is 0.0668. The Morgan fingerprint density at radius 2 is 1.47 bits per heavy atom. The predicted octanol–water partition coefficient (Wildman–Crippen LogP) is 6.74. The van der Waals surface area contributed by atoms with Crippen LogP contribution in [0.5, 0.6) is 5.75 Å². The number of hydrogen-bond acceptors (Lipinski definition) is 10. The molecule has 2 atom stereocenters. The number of phenolic OH excluding ortho intramolecular Hbond substituents is 1. The summed E-state index contributed by atoms with van der Waals surface area (Å²) in [5, 5.41) is 39.8. The van der Waals surface area contributed by atoms with E-state index in [1.165, 1.54) is 17.7 Å². The van der Waals surface area contributed by atoms with Crippen molar-refractivity contribution >= 4 is 22.8 Å². The smallest absolute Gasteiger partial charge is 0.347 e. The number of aromatic nitrogens is 2. The molecule has 1 fully saturated rings. The summed E-state index contributed by atoms with van der Waals surface area (Å²) in [6, 6.07) is 43.4. The van der Waals surface area contributed by atoms with E-state index in [0.29, 0.717) is 39.9 Å². The molecule has 64 heavy (non-hydrogen) atoms. The van der Waals surface area contributed by atoms with E-state index in [1.54, 1.807) is 66.9 Å². The van der Waals surface area contributed by atoms with Gasteiger partial charge in [-0.2, -0.15) is 0 Å². The molecule has 2 aromatic heterocycles. The molecule has 0 saturated carbocycles. The fourth-order valence-corrected chi connectivity index (χ4v) is 8.20. The molecule has 6 N–H and O–H groups in total. The van der Waals surface area contributed by atoms with Crippen LogP contribution < -0.4 is 16.2 Å². The number of aromatic amines is 1. The van der Waals surface area contributed by atoms with Gasteiger partial charge in [0.1, 0.15) is 5.75 Å². The van der Waals surface area contributed by atoms with Gasteiger partial charge in [-0.25, -0.2) is 4.79 Å². The number of aliphatic hydroxyl groups is 2. The van der Waals surface area contributed by atoms with Gasteiger partial charge in [0.2, 0.25) is 11.2 Å². The first-order chi connectivity index (χ1) is 31.1. The molecular weight excluding hydrogens is 807 g/mol. The van der Waals surface area contributed by atoms with Crippen molar-refractivity contribution in [1.29, 1.82) is 0 Å². The summed E-state index contributed by atoms with van der Waals surface area (Å²) >= 11 is 0. The standard InChI is InChI=1S/C52H51N5O7/c58-46-23-21-44(45-22-24-48(60)56-49(45)46)47(59)32-53-29-35-11-13-39(14-12-35)50(61)55-31-43-20-17-40(30-54-43)38-15-18-42(19-16-38)52(63,41-9-5-2-6-10-41)51(62)64-34-37-25-27-57(28-26-37)33-36-7-3-1-4-8-36/h1-24,30,37,47,53,58-59,63H,25-29,31-34H2,(H,55,61)(H,56,60)/t47-,52?/m0/s1. The zero-order chi connectivity index (χ0) is 44.5. The van der Waals surface area contributed by atoms with E-state index in [0.717, 1.165) is 49.2 Å². The number of piperidine rings is 1. The number of rotatable bonds is 16. The van der Waals surface area contributed by atoms with Gasteiger partial charge in [-0.05, 0) is 95.6 Å². The second-order valence-electron chi connectivity index (χ2n) is 16.3. The average molecular weight is 858 g/mol. The highest BCUT2D eigenvalue weighted by atomic mass is 16.5. The topological polar surface area (TPSA) is 177 Å². The van der Waals surface area contributed by atoms with E-state index in [4.69, 9.17) is 4.74 Å². The summed E-state index contributed by atoms with van der Waals surface area (Å²) < 4.78 is 5.89. The molecule has 12 nitrogen and oxygen atoms in total. The van der Waals surface area contributed by atoms with Crippen molar-refractivity contribution < 1.29 is 29.6 Å². The number of carbonyl (C=O) groups excluding carboxylic acids is 2. The summed E-state index contributed by atoms with van der Waals surface area (Å²) in [7, 11) is 0. The Kier molecular flexibility index (Phi) is 13.7. The number of carbonyl (C=O) groups is 2. The van der Waals surface area contributed by atoms with Crippen molar-refractivity contribution in [3.8, 4) is 16.9 Å². The summed E-state index contributed by atoms with van der Waals surface area (Å²) in [5.41, 5.74) is 4.39. The van der Waals surface area contributed by atoms with E-state index >= 15 is 0 Å². The highest BCUT2D eigenvalue weighted by molar-refractivity contribution is 5.94. The SMILES string of the molecule is O=C(NCc1ccc(-c2ccc(C(O)(C(=O)OCC3CCN(Cc4ccccc4)CC3)c3ccccc3)cc2)cn1)c1ccc(CNC[C@H](O)c2ccc(O)c3[nH]c(=O)ccc23)cc1. The third kappa shape index (κ3) is 10.3. The summed E-state index contributed by atoms with van der Waals surface area (Å²) in [5.74, 6) is -0.798. The van der Waals surface area contributed by atoms with E-state index in [2.05, 4.69) is 49.8 Å². The maximum Gasteiger partial charge on any atom is 0.347 e. The number of fused-ring (bicyclic) bond motifs is 1. The molecule has 1 aliphatic heterocycles. The van der Waals surface area contributed by atoms with Crippen LogP contribution in [0.2, 0.25) is 0 Å². The van der Waals surface area contributed by atoms with E-state index in [9.17, 15) is 29.7 Å². The van der Waals surface area contributed by atoms with E-state index < -0.39 is 17.7 Å². The van der Waals surface area contributed by atoms with Gasteiger partial charge in [0.25, 0.3) is 5.91 Å².